The molecule has 0 saturated carbocycles. The van der Waals surface area contributed by atoms with E-state index in [0.29, 0.717) is 17.0 Å². The lowest BCUT2D eigenvalue weighted by Gasteiger charge is -2.30. The summed E-state index contributed by atoms with van der Waals surface area (Å²) in [6.45, 7) is 1.64. The summed E-state index contributed by atoms with van der Waals surface area (Å²) in [5.41, 5.74) is 3.62. The van der Waals surface area contributed by atoms with E-state index in [1.807, 2.05) is 12.1 Å². The molecule has 0 aliphatic carbocycles. The smallest absolute Gasteiger partial charge is 0.188 e. The standard InChI is InChI=1S/C20H15BrFN5/c21-16-6-3-4-13-10-11-26(12-15(13)16)19-9-8-18-23-24-20(27(18)25-19)14-5-1-2-7-17(14)22/h1-9H,10-12H2. The Balaban J connectivity index is 1.57. The quantitative estimate of drug-likeness (QED) is 0.483. The van der Waals surface area contributed by atoms with E-state index in [4.69, 9.17) is 5.10 Å². The Kier molecular flexibility index (Phi) is 3.89. The monoisotopic (exact) mass is 423 g/mol. The van der Waals surface area contributed by atoms with Gasteiger partial charge in [0, 0.05) is 17.6 Å². The molecule has 0 spiro atoms. The van der Waals surface area contributed by atoms with Crippen molar-refractivity contribution in [3.8, 4) is 11.4 Å². The minimum atomic E-state index is -0.338. The normalized spacial score (nSPS) is 13.8. The second-order valence-electron chi connectivity index (χ2n) is 6.51. The van der Waals surface area contributed by atoms with Crippen LogP contribution in [-0.4, -0.2) is 26.4 Å². The number of hydrogen-bond donors (Lipinski definition) is 0. The molecule has 27 heavy (non-hydrogen) atoms. The van der Waals surface area contributed by atoms with Crippen molar-refractivity contribution in [3.63, 3.8) is 0 Å². The number of benzene rings is 2. The number of fused-ring (bicyclic) bond motifs is 2. The van der Waals surface area contributed by atoms with Crippen LogP contribution in [0.15, 0.2) is 59.1 Å². The van der Waals surface area contributed by atoms with Crippen molar-refractivity contribution in [1.82, 2.24) is 19.8 Å². The third kappa shape index (κ3) is 2.78. The minimum Gasteiger partial charge on any atom is -0.350 e. The second-order valence-corrected chi connectivity index (χ2v) is 7.37. The average Bonchev–Trinajstić information content (AvgIpc) is 3.11. The summed E-state index contributed by atoms with van der Waals surface area (Å²) in [7, 11) is 0. The molecule has 0 atom stereocenters. The largest absolute Gasteiger partial charge is 0.350 e. The molecule has 2 aromatic carbocycles. The highest BCUT2D eigenvalue weighted by Gasteiger charge is 2.21. The van der Waals surface area contributed by atoms with Crippen LogP contribution in [0.3, 0.4) is 0 Å². The lowest BCUT2D eigenvalue weighted by molar-refractivity contribution is 0.629. The van der Waals surface area contributed by atoms with Crippen molar-refractivity contribution < 1.29 is 4.39 Å². The van der Waals surface area contributed by atoms with Gasteiger partial charge in [-0.05, 0) is 47.9 Å². The maximum Gasteiger partial charge on any atom is 0.188 e. The van der Waals surface area contributed by atoms with Gasteiger partial charge in [-0.3, -0.25) is 0 Å². The number of halogens is 2. The van der Waals surface area contributed by atoms with E-state index >= 15 is 0 Å². The molecule has 7 heteroatoms. The van der Waals surface area contributed by atoms with Crippen molar-refractivity contribution in [2.24, 2.45) is 0 Å². The summed E-state index contributed by atoms with van der Waals surface area (Å²) >= 11 is 3.65. The first-order valence-electron chi connectivity index (χ1n) is 8.69. The highest BCUT2D eigenvalue weighted by atomic mass is 79.9. The van der Waals surface area contributed by atoms with Gasteiger partial charge < -0.3 is 4.90 Å². The van der Waals surface area contributed by atoms with Gasteiger partial charge in [0.05, 0.1) is 5.56 Å². The first-order chi connectivity index (χ1) is 13.2. The van der Waals surface area contributed by atoms with E-state index in [9.17, 15) is 4.39 Å². The predicted octanol–water partition coefficient (Wildman–Crippen LogP) is 4.26. The van der Waals surface area contributed by atoms with Gasteiger partial charge in [0.15, 0.2) is 11.5 Å². The van der Waals surface area contributed by atoms with E-state index in [2.05, 4.69) is 49.2 Å². The first-order valence-corrected chi connectivity index (χ1v) is 9.48. The molecule has 0 saturated heterocycles. The van der Waals surface area contributed by atoms with Gasteiger partial charge >= 0.3 is 0 Å². The van der Waals surface area contributed by atoms with Gasteiger partial charge in [-0.25, -0.2) is 4.39 Å². The maximum atomic E-state index is 14.2. The molecule has 3 heterocycles. The molecule has 5 rings (SSSR count). The summed E-state index contributed by atoms with van der Waals surface area (Å²) in [6, 6.07) is 16.7. The van der Waals surface area contributed by atoms with Crippen LogP contribution >= 0.6 is 15.9 Å². The molecule has 5 nitrogen and oxygen atoms in total. The summed E-state index contributed by atoms with van der Waals surface area (Å²) in [6.07, 6.45) is 0.955. The number of anilines is 1. The summed E-state index contributed by atoms with van der Waals surface area (Å²) in [5.74, 6) is 0.889. The predicted molar refractivity (Wildman–Crippen MR) is 105 cm³/mol. The van der Waals surface area contributed by atoms with Crippen LogP contribution in [0.5, 0.6) is 0 Å². The van der Waals surface area contributed by atoms with Crippen LogP contribution in [0.25, 0.3) is 17.0 Å². The van der Waals surface area contributed by atoms with Gasteiger partial charge in [0.1, 0.15) is 11.6 Å². The molecule has 0 bridgehead atoms. The fourth-order valence-corrected chi connectivity index (χ4v) is 4.03. The molecule has 0 radical (unpaired) electrons. The van der Waals surface area contributed by atoms with Crippen LogP contribution < -0.4 is 4.90 Å². The van der Waals surface area contributed by atoms with Crippen molar-refractivity contribution in [2.45, 2.75) is 13.0 Å². The second kappa shape index (κ2) is 6.42. The molecule has 0 unspecified atom stereocenters. The zero-order valence-corrected chi connectivity index (χ0v) is 15.9. The maximum absolute atomic E-state index is 14.2. The number of nitrogens with zero attached hydrogens (tertiary/aromatic N) is 5. The third-order valence-corrected chi connectivity index (χ3v) is 5.65. The van der Waals surface area contributed by atoms with Gasteiger partial charge in [0.25, 0.3) is 0 Å². The van der Waals surface area contributed by atoms with Crippen LogP contribution in [0.1, 0.15) is 11.1 Å². The van der Waals surface area contributed by atoms with E-state index in [1.165, 1.54) is 17.2 Å². The zero-order valence-electron chi connectivity index (χ0n) is 14.3. The van der Waals surface area contributed by atoms with Crippen LogP contribution in [0.2, 0.25) is 0 Å². The molecule has 4 aromatic rings. The van der Waals surface area contributed by atoms with Gasteiger partial charge in [-0.2, -0.15) is 4.52 Å². The Morgan fingerprint density at radius 3 is 2.74 bits per heavy atom. The van der Waals surface area contributed by atoms with E-state index in [-0.39, 0.29) is 5.82 Å². The Bertz CT molecular complexity index is 1160. The lowest BCUT2D eigenvalue weighted by Crippen LogP contribution is -2.31. The summed E-state index contributed by atoms with van der Waals surface area (Å²) in [5, 5.41) is 13.0. The fourth-order valence-electron chi connectivity index (χ4n) is 3.49. The minimum absolute atomic E-state index is 0.338. The van der Waals surface area contributed by atoms with Gasteiger partial charge in [-0.15, -0.1) is 15.3 Å². The van der Waals surface area contributed by atoms with Gasteiger partial charge in [-0.1, -0.05) is 40.2 Å². The van der Waals surface area contributed by atoms with Crippen LogP contribution in [0.4, 0.5) is 10.2 Å². The van der Waals surface area contributed by atoms with Crippen molar-refractivity contribution in [1.29, 1.82) is 0 Å². The molecule has 0 amide bonds. The number of rotatable bonds is 2. The molecule has 1 aliphatic heterocycles. The van der Waals surface area contributed by atoms with Crippen molar-refractivity contribution in [2.75, 3.05) is 11.4 Å². The van der Waals surface area contributed by atoms with E-state index < -0.39 is 0 Å². The fraction of sp³-hybridized carbons (Fsp3) is 0.150. The van der Waals surface area contributed by atoms with Crippen LogP contribution in [0, 0.1) is 5.82 Å². The number of aromatic nitrogens is 4. The zero-order chi connectivity index (χ0) is 18.4. The topological polar surface area (TPSA) is 46.3 Å². The summed E-state index contributed by atoms with van der Waals surface area (Å²) in [4.78, 5) is 2.22. The summed E-state index contributed by atoms with van der Waals surface area (Å²) < 4.78 is 16.9. The Labute approximate surface area is 163 Å². The molecule has 2 aromatic heterocycles. The first kappa shape index (κ1) is 16.4. The van der Waals surface area contributed by atoms with Crippen molar-refractivity contribution >= 4 is 27.4 Å². The van der Waals surface area contributed by atoms with Crippen LogP contribution in [-0.2, 0) is 13.0 Å². The molecule has 1 aliphatic rings. The number of hydrogen-bond acceptors (Lipinski definition) is 4. The molecule has 0 fully saturated rings. The Morgan fingerprint density at radius 1 is 0.963 bits per heavy atom. The SMILES string of the molecule is Fc1ccccc1-c1nnc2ccc(N3CCc4cccc(Br)c4C3)nn12. The highest BCUT2D eigenvalue weighted by molar-refractivity contribution is 9.10. The average molecular weight is 424 g/mol. The van der Waals surface area contributed by atoms with E-state index in [1.54, 1.807) is 22.7 Å². The highest BCUT2D eigenvalue weighted by Crippen LogP contribution is 2.29. The molecular formula is C20H15BrFN5. The molecule has 0 N–H and O–H groups in total. The van der Waals surface area contributed by atoms with Gasteiger partial charge in [0.2, 0.25) is 0 Å². The van der Waals surface area contributed by atoms with Crippen molar-refractivity contribution in [3.05, 3.63) is 76.0 Å². The Morgan fingerprint density at radius 2 is 1.85 bits per heavy atom. The third-order valence-electron chi connectivity index (χ3n) is 4.90. The molecular weight excluding hydrogens is 409 g/mol. The lowest BCUT2D eigenvalue weighted by atomic mass is 10.00. The Hall–Kier alpha value is -2.80. The van der Waals surface area contributed by atoms with E-state index in [0.717, 1.165) is 29.8 Å². The molecule has 134 valence electrons.